The fraction of sp³-hybridized carbons (Fsp3) is 0.727. The second-order valence-corrected chi connectivity index (χ2v) is 4.56. The van der Waals surface area contributed by atoms with Gasteiger partial charge >= 0.3 is 11.8 Å². The van der Waals surface area contributed by atoms with E-state index in [9.17, 15) is 9.59 Å². The standard InChI is InChI=1S/C11H19N3O2/c1-7(2)5-4-6-8(3)12-11-13-9(15)10(16)14-11/h7-8H,4-6H2,1-3H3,(H2,12,13,14,15,16). The van der Waals surface area contributed by atoms with Crippen molar-refractivity contribution in [2.45, 2.75) is 46.1 Å². The van der Waals surface area contributed by atoms with E-state index in [4.69, 9.17) is 0 Å². The summed E-state index contributed by atoms with van der Waals surface area (Å²) in [5.41, 5.74) is 0. The molecule has 0 aliphatic carbocycles. The summed E-state index contributed by atoms with van der Waals surface area (Å²) in [5.74, 6) is -0.279. The number of amides is 2. The molecule has 2 N–H and O–H groups in total. The molecule has 0 aromatic heterocycles. The third-order valence-corrected chi connectivity index (χ3v) is 2.42. The predicted molar refractivity (Wildman–Crippen MR) is 61.9 cm³/mol. The second-order valence-electron chi connectivity index (χ2n) is 4.56. The zero-order valence-electron chi connectivity index (χ0n) is 10.0. The van der Waals surface area contributed by atoms with Crippen molar-refractivity contribution in [3.63, 3.8) is 0 Å². The third kappa shape index (κ3) is 4.00. The largest absolute Gasteiger partial charge is 0.316 e. The molecule has 1 aliphatic heterocycles. The van der Waals surface area contributed by atoms with Crippen molar-refractivity contribution in [3.05, 3.63) is 0 Å². The van der Waals surface area contributed by atoms with Gasteiger partial charge in [0.25, 0.3) is 0 Å². The molecule has 1 rings (SSSR count). The average Bonchev–Trinajstić information content (AvgIpc) is 2.44. The highest BCUT2D eigenvalue weighted by molar-refractivity contribution is 6.45. The molecule has 5 heteroatoms. The molecule has 1 saturated heterocycles. The fourth-order valence-electron chi connectivity index (χ4n) is 1.53. The Balaban J connectivity index is 2.33. The van der Waals surface area contributed by atoms with E-state index in [0.29, 0.717) is 5.92 Å². The van der Waals surface area contributed by atoms with Crippen LogP contribution in [0.25, 0.3) is 0 Å². The number of hydrogen-bond acceptors (Lipinski definition) is 3. The number of hydrogen-bond donors (Lipinski definition) is 2. The quantitative estimate of drug-likeness (QED) is 0.679. The molecule has 0 saturated carbocycles. The fourth-order valence-corrected chi connectivity index (χ4v) is 1.53. The van der Waals surface area contributed by atoms with Crippen LogP contribution in [0.1, 0.15) is 40.0 Å². The Hall–Kier alpha value is -1.39. The monoisotopic (exact) mass is 225 g/mol. The molecular formula is C11H19N3O2. The van der Waals surface area contributed by atoms with Crippen LogP contribution in [0.4, 0.5) is 0 Å². The molecule has 5 nitrogen and oxygen atoms in total. The summed E-state index contributed by atoms with van der Waals surface area (Å²) in [6, 6.07) is 0.118. The molecule has 1 aliphatic rings. The van der Waals surface area contributed by atoms with Gasteiger partial charge in [0.05, 0.1) is 6.04 Å². The zero-order chi connectivity index (χ0) is 12.1. The van der Waals surface area contributed by atoms with Crippen LogP contribution in [0.2, 0.25) is 0 Å². The molecule has 0 aromatic rings. The number of nitrogens with zero attached hydrogens (tertiary/aromatic N) is 1. The summed E-state index contributed by atoms with van der Waals surface area (Å²) in [5, 5.41) is 4.77. The van der Waals surface area contributed by atoms with Gasteiger partial charge in [0.15, 0.2) is 0 Å². The molecule has 16 heavy (non-hydrogen) atoms. The normalized spacial score (nSPS) is 17.4. The summed E-state index contributed by atoms with van der Waals surface area (Å²) in [4.78, 5) is 26.0. The minimum absolute atomic E-state index is 0.118. The molecule has 0 aromatic carbocycles. The Morgan fingerprint density at radius 2 is 1.62 bits per heavy atom. The second kappa shape index (κ2) is 5.63. The van der Waals surface area contributed by atoms with Gasteiger partial charge in [0.2, 0.25) is 5.96 Å². The Morgan fingerprint density at radius 1 is 1.06 bits per heavy atom. The van der Waals surface area contributed by atoms with Crippen molar-refractivity contribution < 1.29 is 9.59 Å². The number of carbonyl (C=O) groups is 2. The molecule has 0 spiro atoms. The van der Waals surface area contributed by atoms with Crippen molar-refractivity contribution in [1.82, 2.24) is 10.6 Å². The van der Waals surface area contributed by atoms with Crippen molar-refractivity contribution in [2.75, 3.05) is 0 Å². The number of aliphatic imine (C=N–C) groups is 1. The van der Waals surface area contributed by atoms with Crippen LogP contribution in [0.5, 0.6) is 0 Å². The van der Waals surface area contributed by atoms with Crippen molar-refractivity contribution in [3.8, 4) is 0 Å². The van der Waals surface area contributed by atoms with Crippen molar-refractivity contribution >= 4 is 17.8 Å². The van der Waals surface area contributed by atoms with Gasteiger partial charge in [-0.15, -0.1) is 0 Å². The lowest BCUT2D eigenvalue weighted by atomic mass is 10.0. The van der Waals surface area contributed by atoms with Gasteiger partial charge < -0.3 is 0 Å². The molecule has 1 heterocycles. The van der Waals surface area contributed by atoms with Gasteiger partial charge in [0.1, 0.15) is 0 Å². The summed E-state index contributed by atoms with van der Waals surface area (Å²) in [6.45, 7) is 6.35. The van der Waals surface area contributed by atoms with Gasteiger partial charge in [-0.05, 0) is 19.3 Å². The van der Waals surface area contributed by atoms with Gasteiger partial charge in [-0.25, -0.2) is 4.99 Å². The number of guanidine groups is 1. The average molecular weight is 225 g/mol. The zero-order valence-corrected chi connectivity index (χ0v) is 10.0. The van der Waals surface area contributed by atoms with Gasteiger partial charge in [-0.3, -0.25) is 20.2 Å². The number of rotatable bonds is 5. The maximum atomic E-state index is 10.9. The van der Waals surface area contributed by atoms with Gasteiger partial charge in [-0.2, -0.15) is 0 Å². The Morgan fingerprint density at radius 3 is 2.12 bits per heavy atom. The van der Waals surface area contributed by atoms with E-state index in [1.807, 2.05) is 6.92 Å². The first-order valence-corrected chi connectivity index (χ1v) is 5.69. The molecule has 1 unspecified atom stereocenters. The summed E-state index contributed by atoms with van der Waals surface area (Å²) in [6.07, 6.45) is 3.25. The smallest absolute Gasteiger partial charge is 0.288 e. The van der Waals surface area contributed by atoms with Crippen LogP contribution in [0.15, 0.2) is 4.99 Å². The van der Waals surface area contributed by atoms with Crippen molar-refractivity contribution in [2.24, 2.45) is 10.9 Å². The van der Waals surface area contributed by atoms with E-state index >= 15 is 0 Å². The van der Waals surface area contributed by atoms with E-state index in [0.717, 1.165) is 12.8 Å². The lowest BCUT2D eigenvalue weighted by Gasteiger charge is -2.08. The Bertz CT molecular complexity index is 292. The van der Waals surface area contributed by atoms with Crippen LogP contribution in [0, 0.1) is 5.92 Å². The molecule has 1 fully saturated rings. The minimum Gasteiger partial charge on any atom is -0.288 e. The van der Waals surface area contributed by atoms with Crippen LogP contribution < -0.4 is 10.6 Å². The van der Waals surface area contributed by atoms with Crippen LogP contribution in [-0.4, -0.2) is 23.8 Å². The van der Waals surface area contributed by atoms with Gasteiger partial charge in [0, 0.05) is 0 Å². The Kier molecular flexibility index (Phi) is 4.46. The molecule has 1 atom stereocenters. The highest BCUT2D eigenvalue weighted by Gasteiger charge is 2.25. The number of carbonyl (C=O) groups excluding carboxylic acids is 2. The van der Waals surface area contributed by atoms with E-state index in [-0.39, 0.29) is 12.0 Å². The first kappa shape index (κ1) is 12.7. The van der Waals surface area contributed by atoms with E-state index < -0.39 is 11.8 Å². The SMILES string of the molecule is CC(C)CCCC(C)N=C1NC(=O)C(=O)N1. The van der Waals surface area contributed by atoms with Crippen molar-refractivity contribution in [1.29, 1.82) is 0 Å². The van der Waals surface area contributed by atoms with Gasteiger partial charge in [-0.1, -0.05) is 26.7 Å². The third-order valence-electron chi connectivity index (χ3n) is 2.42. The van der Waals surface area contributed by atoms with Crippen LogP contribution in [-0.2, 0) is 9.59 Å². The van der Waals surface area contributed by atoms with E-state index in [2.05, 4.69) is 29.5 Å². The first-order valence-electron chi connectivity index (χ1n) is 5.69. The predicted octanol–water partition coefficient (Wildman–Crippen LogP) is 0.803. The summed E-state index contributed by atoms with van der Waals surface area (Å²) in [7, 11) is 0. The van der Waals surface area contributed by atoms with Crippen LogP contribution in [0.3, 0.4) is 0 Å². The van der Waals surface area contributed by atoms with Crippen LogP contribution >= 0.6 is 0 Å². The maximum absolute atomic E-state index is 10.9. The molecular weight excluding hydrogens is 206 g/mol. The van der Waals surface area contributed by atoms with E-state index in [1.165, 1.54) is 6.42 Å². The summed E-state index contributed by atoms with van der Waals surface area (Å²) >= 11 is 0. The molecule has 90 valence electrons. The molecule has 2 amide bonds. The minimum atomic E-state index is -0.631. The first-order chi connectivity index (χ1) is 7.49. The molecule has 0 radical (unpaired) electrons. The highest BCUT2D eigenvalue weighted by Crippen LogP contribution is 2.10. The van der Waals surface area contributed by atoms with E-state index in [1.54, 1.807) is 0 Å². The lowest BCUT2D eigenvalue weighted by molar-refractivity contribution is -0.135. The Labute approximate surface area is 95.7 Å². The lowest BCUT2D eigenvalue weighted by Crippen LogP contribution is -2.27. The number of nitrogens with one attached hydrogen (secondary N) is 2. The molecule has 0 bridgehead atoms. The topological polar surface area (TPSA) is 70.6 Å². The maximum Gasteiger partial charge on any atom is 0.316 e. The summed E-state index contributed by atoms with van der Waals surface area (Å²) < 4.78 is 0. The highest BCUT2D eigenvalue weighted by atomic mass is 16.2.